The molecule has 30 heavy (non-hydrogen) atoms. The van der Waals surface area contributed by atoms with Crippen molar-refractivity contribution >= 4 is 12.1 Å². The van der Waals surface area contributed by atoms with Gasteiger partial charge in [0.1, 0.15) is 0 Å². The number of amides is 1. The van der Waals surface area contributed by atoms with Gasteiger partial charge in [0, 0.05) is 5.56 Å². The molecule has 0 aliphatic carbocycles. The molecule has 0 spiro atoms. The highest BCUT2D eigenvalue weighted by molar-refractivity contribution is 5.94. The number of methoxy groups -OCH3 is 1. The monoisotopic (exact) mass is 410 g/mol. The molecule has 2 aromatic carbocycles. The van der Waals surface area contributed by atoms with Gasteiger partial charge in [-0.25, -0.2) is 5.43 Å². The van der Waals surface area contributed by atoms with Crippen LogP contribution in [0.15, 0.2) is 47.6 Å². The molecule has 0 aromatic heterocycles. The van der Waals surface area contributed by atoms with E-state index >= 15 is 0 Å². The van der Waals surface area contributed by atoms with Gasteiger partial charge < -0.3 is 9.47 Å². The maximum Gasteiger partial charge on any atom is 0.271 e. The zero-order chi connectivity index (χ0) is 21.6. The molecule has 0 bridgehead atoms. The predicted molar refractivity (Wildman–Crippen MR) is 123 cm³/mol. The summed E-state index contributed by atoms with van der Waals surface area (Å²) in [6, 6.07) is 13.3. The number of aryl methyl sites for hydroxylation is 1. The average molecular weight is 411 g/mol. The molecule has 0 saturated carbocycles. The largest absolute Gasteiger partial charge is 0.493 e. The minimum Gasteiger partial charge on any atom is -0.493 e. The van der Waals surface area contributed by atoms with Crippen LogP contribution in [-0.2, 0) is 6.42 Å². The van der Waals surface area contributed by atoms with Gasteiger partial charge in [-0.15, -0.1) is 0 Å². The zero-order valence-corrected chi connectivity index (χ0v) is 18.4. The van der Waals surface area contributed by atoms with E-state index in [4.69, 9.17) is 9.47 Å². The standard InChI is InChI=1S/C25H34N2O3/c1-4-6-8-9-17-30-23-16-13-21(18-24(23)29-3)19-26-27-25(28)22-14-11-20(12-15-22)10-7-5-2/h11-16,18-19H,4-10,17H2,1-3H3,(H,27,28)/b26-19+. The smallest absolute Gasteiger partial charge is 0.271 e. The lowest BCUT2D eigenvalue weighted by molar-refractivity contribution is 0.0955. The first-order valence-electron chi connectivity index (χ1n) is 10.9. The van der Waals surface area contributed by atoms with Crippen molar-refractivity contribution in [3.63, 3.8) is 0 Å². The van der Waals surface area contributed by atoms with E-state index in [1.54, 1.807) is 13.3 Å². The summed E-state index contributed by atoms with van der Waals surface area (Å²) in [6.07, 6.45) is 9.59. The molecule has 0 radical (unpaired) electrons. The molecule has 2 aromatic rings. The van der Waals surface area contributed by atoms with Gasteiger partial charge in [0.25, 0.3) is 5.91 Å². The Labute approximate surface area is 180 Å². The minimum absolute atomic E-state index is 0.229. The Morgan fingerprint density at radius 3 is 2.43 bits per heavy atom. The van der Waals surface area contributed by atoms with Gasteiger partial charge in [-0.2, -0.15) is 5.10 Å². The van der Waals surface area contributed by atoms with Crippen molar-refractivity contribution < 1.29 is 14.3 Å². The van der Waals surface area contributed by atoms with E-state index in [1.165, 1.54) is 24.8 Å². The summed E-state index contributed by atoms with van der Waals surface area (Å²) in [4.78, 5) is 12.3. The fourth-order valence-electron chi connectivity index (χ4n) is 3.03. The molecule has 0 fully saturated rings. The zero-order valence-electron chi connectivity index (χ0n) is 18.4. The third-order valence-electron chi connectivity index (χ3n) is 4.86. The van der Waals surface area contributed by atoms with Crippen molar-refractivity contribution in [3.05, 3.63) is 59.2 Å². The van der Waals surface area contributed by atoms with Crippen molar-refractivity contribution in [2.24, 2.45) is 5.10 Å². The fraction of sp³-hybridized carbons (Fsp3) is 0.440. The van der Waals surface area contributed by atoms with Gasteiger partial charge in [-0.1, -0.05) is 51.7 Å². The molecule has 5 heteroatoms. The molecule has 0 saturated heterocycles. The van der Waals surface area contributed by atoms with Crippen LogP contribution in [0, 0.1) is 0 Å². The van der Waals surface area contributed by atoms with Gasteiger partial charge in [0.2, 0.25) is 0 Å². The lowest BCUT2D eigenvalue weighted by Gasteiger charge is -2.11. The number of nitrogens with one attached hydrogen (secondary N) is 1. The quantitative estimate of drug-likeness (QED) is 0.259. The van der Waals surface area contributed by atoms with Gasteiger partial charge in [-0.05, 0) is 60.7 Å². The highest BCUT2D eigenvalue weighted by Crippen LogP contribution is 2.27. The Balaban J connectivity index is 1.88. The second-order valence-corrected chi connectivity index (χ2v) is 7.32. The lowest BCUT2D eigenvalue weighted by Crippen LogP contribution is -2.17. The Morgan fingerprint density at radius 2 is 1.73 bits per heavy atom. The first-order valence-corrected chi connectivity index (χ1v) is 10.9. The number of hydrogen-bond acceptors (Lipinski definition) is 4. The molecule has 162 valence electrons. The van der Waals surface area contributed by atoms with Gasteiger partial charge in [0.05, 0.1) is 19.9 Å². The third-order valence-corrected chi connectivity index (χ3v) is 4.86. The van der Waals surface area contributed by atoms with Crippen LogP contribution in [0.3, 0.4) is 0 Å². The number of hydrazone groups is 1. The topological polar surface area (TPSA) is 59.9 Å². The second-order valence-electron chi connectivity index (χ2n) is 7.32. The summed E-state index contributed by atoms with van der Waals surface area (Å²) in [5, 5.41) is 4.07. The van der Waals surface area contributed by atoms with Crippen LogP contribution < -0.4 is 14.9 Å². The van der Waals surface area contributed by atoms with Crippen molar-refractivity contribution in [3.8, 4) is 11.5 Å². The van der Waals surface area contributed by atoms with E-state index in [2.05, 4.69) is 24.4 Å². The van der Waals surface area contributed by atoms with Crippen LogP contribution in [0.5, 0.6) is 11.5 Å². The van der Waals surface area contributed by atoms with Crippen molar-refractivity contribution in [1.29, 1.82) is 0 Å². The molecule has 1 N–H and O–H groups in total. The normalized spacial score (nSPS) is 10.9. The molecule has 2 rings (SSSR count). The number of carbonyl (C=O) groups excluding carboxylic acids is 1. The molecule has 0 unspecified atom stereocenters. The lowest BCUT2D eigenvalue weighted by atomic mass is 10.1. The summed E-state index contributed by atoms with van der Waals surface area (Å²) in [5.74, 6) is 1.15. The Kier molecular flexibility index (Phi) is 10.5. The summed E-state index contributed by atoms with van der Waals surface area (Å²) < 4.78 is 11.3. The highest BCUT2D eigenvalue weighted by Gasteiger charge is 2.06. The maximum absolute atomic E-state index is 12.3. The Hall–Kier alpha value is -2.82. The average Bonchev–Trinajstić information content (AvgIpc) is 2.78. The molecule has 1 amide bonds. The van der Waals surface area contributed by atoms with Crippen LogP contribution >= 0.6 is 0 Å². The molecule has 0 aliphatic heterocycles. The minimum atomic E-state index is -0.229. The molecule has 0 aliphatic rings. The molecule has 0 atom stereocenters. The number of benzene rings is 2. The maximum atomic E-state index is 12.3. The van der Waals surface area contributed by atoms with Crippen molar-refractivity contribution in [2.45, 2.75) is 58.8 Å². The van der Waals surface area contributed by atoms with E-state index in [0.717, 1.165) is 37.0 Å². The summed E-state index contributed by atoms with van der Waals surface area (Å²) >= 11 is 0. The predicted octanol–water partition coefficient (Wildman–Crippen LogP) is 5.76. The van der Waals surface area contributed by atoms with Gasteiger partial charge >= 0.3 is 0 Å². The number of ether oxygens (including phenoxy) is 2. The fourth-order valence-corrected chi connectivity index (χ4v) is 3.03. The van der Waals surface area contributed by atoms with Crippen LogP contribution in [-0.4, -0.2) is 25.8 Å². The molecular weight excluding hydrogens is 376 g/mol. The SMILES string of the molecule is CCCCCCOc1ccc(/C=N/NC(=O)c2ccc(CCCC)cc2)cc1OC. The summed E-state index contributed by atoms with van der Waals surface area (Å²) in [5.41, 5.74) is 5.24. The van der Waals surface area contributed by atoms with E-state index in [9.17, 15) is 4.79 Å². The third kappa shape index (κ3) is 7.90. The van der Waals surface area contributed by atoms with E-state index in [1.807, 2.05) is 42.5 Å². The van der Waals surface area contributed by atoms with E-state index < -0.39 is 0 Å². The van der Waals surface area contributed by atoms with Gasteiger partial charge in [0.15, 0.2) is 11.5 Å². The van der Waals surface area contributed by atoms with Crippen LogP contribution in [0.4, 0.5) is 0 Å². The second kappa shape index (κ2) is 13.4. The van der Waals surface area contributed by atoms with Crippen LogP contribution in [0.1, 0.15) is 73.9 Å². The van der Waals surface area contributed by atoms with Crippen molar-refractivity contribution in [1.82, 2.24) is 5.43 Å². The van der Waals surface area contributed by atoms with E-state index in [0.29, 0.717) is 17.9 Å². The molecule has 5 nitrogen and oxygen atoms in total. The van der Waals surface area contributed by atoms with Crippen LogP contribution in [0.25, 0.3) is 0 Å². The molecule has 0 heterocycles. The van der Waals surface area contributed by atoms with Crippen LogP contribution in [0.2, 0.25) is 0 Å². The first-order chi connectivity index (χ1) is 14.7. The first kappa shape index (κ1) is 23.5. The van der Waals surface area contributed by atoms with Gasteiger partial charge in [-0.3, -0.25) is 4.79 Å². The summed E-state index contributed by atoms with van der Waals surface area (Å²) in [7, 11) is 1.62. The Morgan fingerprint density at radius 1 is 0.967 bits per heavy atom. The number of unbranched alkanes of at least 4 members (excludes halogenated alkanes) is 4. The van der Waals surface area contributed by atoms with E-state index in [-0.39, 0.29) is 5.91 Å². The summed E-state index contributed by atoms with van der Waals surface area (Å²) in [6.45, 7) is 5.04. The Bertz CT molecular complexity index is 801. The number of rotatable bonds is 13. The highest BCUT2D eigenvalue weighted by atomic mass is 16.5. The number of nitrogens with zero attached hydrogens (tertiary/aromatic N) is 1. The molecular formula is C25H34N2O3. The number of carbonyl (C=O) groups is 1. The van der Waals surface area contributed by atoms with Crippen molar-refractivity contribution in [2.75, 3.05) is 13.7 Å². The number of hydrogen-bond donors (Lipinski definition) is 1.